The molecule has 2 rings (SSSR count). The normalized spacial score (nSPS) is 13.1. The Morgan fingerprint density at radius 2 is 1.83 bits per heavy atom. The molecule has 0 aliphatic rings. The van der Waals surface area contributed by atoms with Gasteiger partial charge >= 0.3 is 11.8 Å². The number of halogens is 1. The topological polar surface area (TPSA) is 91.6 Å². The van der Waals surface area contributed by atoms with Crippen molar-refractivity contribution in [1.29, 1.82) is 0 Å². The summed E-state index contributed by atoms with van der Waals surface area (Å²) in [6.45, 7) is 1.54. The number of rotatable bonds is 6. The fourth-order valence-electron chi connectivity index (χ4n) is 2.07. The third kappa shape index (κ3) is 5.51. The number of nitrogens with one attached hydrogen (secondary N) is 2. The molecule has 0 saturated carbocycles. The molecule has 3 N–H and O–H groups in total. The van der Waals surface area contributed by atoms with Crippen LogP contribution in [0.5, 0.6) is 0 Å². The van der Waals surface area contributed by atoms with Crippen molar-refractivity contribution in [3.8, 4) is 0 Å². The molecule has 7 heteroatoms. The molecule has 0 radical (unpaired) electrons. The SMILES string of the molecule is C[C@](O)(CNC(=O)C(=O)NCc1ccc(F)cc1)Cc1ccco1. The lowest BCUT2D eigenvalue weighted by Crippen LogP contribution is -2.47. The van der Waals surface area contributed by atoms with E-state index in [-0.39, 0.29) is 25.3 Å². The van der Waals surface area contributed by atoms with E-state index in [1.165, 1.54) is 37.5 Å². The average Bonchev–Trinajstić information content (AvgIpc) is 3.04. The van der Waals surface area contributed by atoms with Gasteiger partial charge in [0.2, 0.25) is 0 Å². The van der Waals surface area contributed by atoms with Gasteiger partial charge in [-0.05, 0) is 36.8 Å². The molecule has 1 heterocycles. The van der Waals surface area contributed by atoms with Gasteiger partial charge in [-0.2, -0.15) is 0 Å². The van der Waals surface area contributed by atoms with E-state index in [0.717, 1.165) is 0 Å². The van der Waals surface area contributed by atoms with E-state index in [2.05, 4.69) is 10.6 Å². The Morgan fingerprint density at radius 1 is 1.17 bits per heavy atom. The third-order valence-corrected chi connectivity index (χ3v) is 3.34. The van der Waals surface area contributed by atoms with Crippen LogP contribution in [0, 0.1) is 5.82 Å². The zero-order chi connectivity index (χ0) is 17.6. The zero-order valence-electron chi connectivity index (χ0n) is 13.2. The van der Waals surface area contributed by atoms with E-state index in [1.54, 1.807) is 12.1 Å². The minimum Gasteiger partial charge on any atom is -0.469 e. The first-order valence-electron chi connectivity index (χ1n) is 7.41. The lowest BCUT2D eigenvalue weighted by Gasteiger charge is -2.22. The summed E-state index contributed by atoms with van der Waals surface area (Å²) in [4.78, 5) is 23.5. The maximum Gasteiger partial charge on any atom is 0.309 e. The zero-order valence-corrected chi connectivity index (χ0v) is 13.2. The molecule has 24 heavy (non-hydrogen) atoms. The minimum atomic E-state index is -1.25. The fourth-order valence-corrected chi connectivity index (χ4v) is 2.07. The molecule has 1 atom stereocenters. The first kappa shape index (κ1) is 17.7. The van der Waals surface area contributed by atoms with Gasteiger partial charge in [0.15, 0.2) is 0 Å². The van der Waals surface area contributed by atoms with Gasteiger partial charge in [-0.3, -0.25) is 9.59 Å². The molecular formula is C17H19FN2O4. The summed E-state index contributed by atoms with van der Waals surface area (Å²) in [5, 5.41) is 15.0. The second-order valence-corrected chi connectivity index (χ2v) is 5.74. The highest BCUT2D eigenvalue weighted by Crippen LogP contribution is 2.12. The number of hydrogen-bond acceptors (Lipinski definition) is 4. The monoisotopic (exact) mass is 334 g/mol. The standard InChI is InChI=1S/C17H19FN2O4/c1-17(23,9-14-3-2-8-24-14)11-20-16(22)15(21)19-10-12-4-6-13(18)7-5-12/h2-8,23H,9-11H2,1H3,(H,19,21)(H,20,22)/t17-/m1/s1. The second kappa shape index (κ2) is 7.74. The maximum absolute atomic E-state index is 12.8. The molecule has 0 aliphatic heterocycles. The van der Waals surface area contributed by atoms with Crippen LogP contribution in [-0.4, -0.2) is 29.1 Å². The van der Waals surface area contributed by atoms with Crippen molar-refractivity contribution in [2.75, 3.05) is 6.54 Å². The molecule has 1 aromatic carbocycles. The summed E-state index contributed by atoms with van der Waals surface area (Å²) in [5.74, 6) is -1.47. The molecular weight excluding hydrogens is 315 g/mol. The van der Waals surface area contributed by atoms with Crippen LogP contribution in [0.2, 0.25) is 0 Å². The quantitative estimate of drug-likeness (QED) is 0.691. The highest BCUT2D eigenvalue weighted by molar-refractivity contribution is 6.35. The van der Waals surface area contributed by atoms with Crippen LogP contribution in [0.25, 0.3) is 0 Å². The maximum atomic E-state index is 12.8. The van der Waals surface area contributed by atoms with Crippen molar-refractivity contribution in [3.05, 3.63) is 59.8 Å². The summed E-state index contributed by atoms with van der Waals surface area (Å²) in [5.41, 5.74) is -0.576. The van der Waals surface area contributed by atoms with Crippen LogP contribution in [0.15, 0.2) is 47.1 Å². The van der Waals surface area contributed by atoms with Crippen molar-refractivity contribution in [1.82, 2.24) is 10.6 Å². The van der Waals surface area contributed by atoms with Crippen molar-refractivity contribution >= 4 is 11.8 Å². The molecule has 0 spiro atoms. The summed E-state index contributed by atoms with van der Waals surface area (Å²) in [6.07, 6.45) is 1.70. The number of carbonyl (C=O) groups excluding carboxylic acids is 2. The predicted octanol–water partition coefficient (Wildman–Crippen LogP) is 1.14. The summed E-state index contributed by atoms with van der Waals surface area (Å²) in [6, 6.07) is 8.99. The number of amides is 2. The molecule has 0 fully saturated rings. The minimum absolute atomic E-state index is 0.101. The Morgan fingerprint density at radius 3 is 2.46 bits per heavy atom. The van der Waals surface area contributed by atoms with Crippen molar-refractivity contribution in [2.45, 2.75) is 25.5 Å². The van der Waals surface area contributed by atoms with Gasteiger partial charge in [0.1, 0.15) is 11.6 Å². The number of benzene rings is 1. The molecule has 0 bridgehead atoms. The molecule has 0 unspecified atom stereocenters. The van der Waals surface area contributed by atoms with Gasteiger partial charge in [0, 0.05) is 19.5 Å². The average molecular weight is 334 g/mol. The van der Waals surface area contributed by atoms with Crippen LogP contribution in [-0.2, 0) is 22.6 Å². The lowest BCUT2D eigenvalue weighted by atomic mass is 10.0. The van der Waals surface area contributed by atoms with E-state index in [0.29, 0.717) is 11.3 Å². The number of hydrogen-bond donors (Lipinski definition) is 3. The van der Waals surface area contributed by atoms with E-state index in [9.17, 15) is 19.1 Å². The predicted molar refractivity (Wildman–Crippen MR) is 84.3 cm³/mol. The molecule has 1 aromatic heterocycles. The summed E-state index contributed by atoms with van der Waals surface area (Å²) >= 11 is 0. The van der Waals surface area contributed by atoms with Crippen LogP contribution in [0.3, 0.4) is 0 Å². The Kier molecular flexibility index (Phi) is 5.70. The molecule has 2 amide bonds. The molecule has 0 aliphatic carbocycles. The van der Waals surface area contributed by atoms with Crippen LogP contribution in [0.4, 0.5) is 4.39 Å². The van der Waals surface area contributed by atoms with Crippen molar-refractivity contribution in [3.63, 3.8) is 0 Å². The first-order chi connectivity index (χ1) is 11.4. The fraction of sp³-hybridized carbons (Fsp3) is 0.294. The van der Waals surface area contributed by atoms with E-state index >= 15 is 0 Å². The van der Waals surface area contributed by atoms with Gasteiger partial charge in [-0.1, -0.05) is 12.1 Å². The summed E-state index contributed by atoms with van der Waals surface area (Å²) in [7, 11) is 0. The smallest absolute Gasteiger partial charge is 0.309 e. The highest BCUT2D eigenvalue weighted by Gasteiger charge is 2.24. The number of aliphatic hydroxyl groups is 1. The summed E-state index contributed by atoms with van der Waals surface area (Å²) < 4.78 is 17.9. The van der Waals surface area contributed by atoms with Gasteiger partial charge in [0.25, 0.3) is 0 Å². The molecule has 128 valence electrons. The number of furan rings is 1. The second-order valence-electron chi connectivity index (χ2n) is 5.74. The Bertz CT molecular complexity index is 681. The van der Waals surface area contributed by atoms with Gasteiger partial charge < -0.3 is 20.2 Å². The van der Waals surface area contributed by atoms with Gasteiger partial charge in [-0.25, -0.2) is 4.39 Å². The van der Waals surface area contributed by atoms with Gasteiger partial charge in [-0.15, -0.1) is 0 Å². The van der Waals surface area contributed by atoms with Crippen LogP contribution in [0.1, 0.15) is 18.2 Å². The van der Waals surface area contributed by atoms with E-state index in [1.807, 2.05) is 0 Å². The Hall–Kier alpha value is -2.67. The lowest BCUT2D eigenvalue weighted by molar-refractivity contribution is -0.139. The largest absolute Gasteiger partial charge is 0.469 e. The van der Waals surface area contributed by atoms with Crippen LogP contribution >= 0.6 is 0 Å². The highest BCUT2D eigenvalue weighted by atomic mass is 19.1. The Balaban J connectivity index is 1.76. The van der Waals surface area contributed by atoms with Crippen LogP contribution < -0.4 is 10.6 Å². The number of carbonyl (C=O) groups is 2. The molecule has 2 aromatic rings. The first-order valence-corrected chi connectivity index (χ1v) is 7.41. The van der Waals surface area contributed by atoms with Gasteiger partial charge in [0.05, 0.1) is 11.9 Å². The third-order valence-electron chi connectivity index (χ3n) is 3.34. The van der Waals surface area contributed by atoms with Crippen molar-refractivity contribution < 1.29 is 23.5 Å². The van der Waals surface area contributed by atoms with E-state index < -0.39 is 17.4 Å². The Labute approximate surface area is 138 Å². The van der Waals surface area contributed by atoms with Crippen molar-refractivity contribution in [2.24, 2.45) is 0 Å². The molecule has 0 saturated heterocycles. The molecule has 6 nitrogen and oxygen atoms in total. The van der Waals surface area contributed by atoms with E-state index in [4.69, 9.17) is 4.42 Å².